The van der Waals surface area contributed by atoms with Gasteiger partial charge >= 0.3 is 5.97 Å². The molecule has 0 bridgehead atoms. The molecule has 2 aliphatic rings. The summed E-state index contributed by atoms with van der Waals surface area (Å²) in [5.74, 6) is -0.747. The Bertz CT molecular complexity index is 926. The van der Waals surface area contributed by atoms with Crippen molar-refractivity contribution in [3.05, 3.63) is 46.8 Å². The number of nitrogens with zero attached hydrogens (tertiary/aromatic N) is 3. The van der Waals surface area contributed by atoms with E-state index in [9.17, 15) is 9.59 Å². The van der Waals surface area contributed by atoms with Crippen molar-refractivity contribution in [3.63, 3.8) is 0 Å². The summed E-state index contributed by atoms with van der Waals surface area (Å²) in [7, 11) is 0. The molecular formula is C22H27N3O4. The summed E-state index contributed by atoms with van der Waals surface area (Å²) >= 11 is 0. The van der Waals surface area contributed by atoms with Crippen LogP contribution in [0.2, 0.25) is 0 Å². The van der Waals surface area contributed by atoms with E-state index in [4.69, 9.17) is 9.84 Å². The Morgan fingerprint density at radius 2 is 1.97 bits per heavy atom. The maximum Gasteiger partial charge on any atom is 0.303 e. The smallest absolute Gasteiger partial charge is 0.303 e. The van der Waals surface area contributed by atoms with E-state index in [1.807, 2.05) is 47.7 Å². The van der Waals surface area contributed by atoms with Gasteiger partial charge in [-0.25, -0.2) is 4.68 Å². The number of aryl methyl sites for hydroxylation is 1. The molecule has 2 saturated heterocycles. The third-order valence-corrected chi connectivity index (χ3v) is 6.30. The summed E-state index contributed by atoms with van der Waals surface area (Å²) in [5, 5.41) is 13.5. The predicted octanol–water partition coefficient (Wildman–Crippen LogP) is 2.76. The summed E-state index contributed by atoms with van der Waals surface area (Å²) in [6.45, 7) is 6.97. The number of likely N-dealkylation sites (tertiary alicyclic amines) is 1. The standard InChI is InChI=1S/C22H27N3O4/c1-15-19(7-8-20(26)27)16(2)25(23-15)18-5-3-17(4-6-18)21(28)24-11-9-22(13-24)10-12-29-14-22/h3-6H,7-14H2,1-2H3,(H,26,27). The molecule has 7 heteroatoms. The Balaban J connectivity index is 1.49. The Labute approximate surface area is 170 Å². The van der Waals surface area contributed by atoms with Gasteiger partial charge in [-0.2, -0.15) is 5.10 Å². The zero-order valence-corrected chi connectivity index (χ0v) is 17.0. The fourth-order valence-electron chi connectivity index (χ4n) is 4.53. The number of hydrogen-bond donors (Lipinski definition) is 1. The van der Waals surface area contributed by atoms with E-state index in [0.29, 0.717) is 12.0 Å². The number of amides is 1. The van der Waals surface area contributed by atoms with E-state index in [1.54, 1.807) is 0 Å². The van der Waals surface area contributed by atoms with Gasteiger partial charge in [-0.1, -0.05) is 0 Å². The van der Waals surface area contributed by atoms with Gasteiger partial charge in [0.05, 0.1) is 18.0 Å². The van der Waals surface area contributed by atoms with Crippen LogP contribution in [0.3, 0.4) is 0 Å². The fourth-order valence-corrected chi connectivity index (χ4v) is 4.53. The number of carboxylic acid groups (broad SMARTS) is 1. The van der Waals surface area contributed by atoms with E-state index < -0.39 is 5.97 Å². The van der Waals surface area contributed by atoms with Gasteiger partial charge in [0, 0.05) is 42.8 Å². The molecule has 154 valence electrons. The van der Waals surface area contributed by atoms with Gasteiger partial charge in [-0.3, -0.25) is 9.59 Å². The Kier molecular flexibility index (Phi) is 5.17. The molecule has 2 aromatic rings. The number of aliphatic carboxylic acids is 1. The molecule has 1 amide bonds. The quantitative estimate of drug-likeness (QED) is 0.839. The summed E-state index contributed by atoms with van der Waals surface area (Å²) in [6.07, 6.45) is 2.60. The lowest BCUT2D eigenvalue weighted by atomic mass is 9.87. The summed E-state index contributed by atoms with van der Waals surface area (Å²) < 4.78 is 7.37. The van der Waals surface area contributed by atoms with Crippen LogP contribution in [0.15, 0.2) is 24.3 Å². The predicted molar refractivity (Wildman–Crippen MR) is 107 cm³/mol. The second kappa shape index (κ2) is 7.63. The van der Waals surface area contributed by atoms with E-state index >= 15 is 0 Å². The van der Waals surface area contributed by atoms with Crippen LogP contribution in [-0.4, -0.2) is 58.0 Å². The highest BCUT2D eigenvalue weighted by atomic mass is 16.5. The van der Waals surface area contributed by atoms with Crippen molar-refractivity contribution in [1.29, 1.82) is 0 Å². The zero-order valence-electron chi connectivity index (χ0n) is 17.0. The normalized spacial score (nSPS) is 21.2. The lowest BCUT2D eigenvalue weighted by Gasteiger charge is -2.22. The van der Waals surface area contributed by atoms with Crippen LogP contribution in [0, 0.1) is 19.3 Å². The summed E-state index contributed by atoms with van der Waals surface area (Å²) in [4.78, 5) is 25.8. The van der Waals surface area contributed by atoms with Crippen LogP contribution in [0.25, 0.3) is 5.69 Å². The van der Waals surface area contributed by atoms with E-state index in [1.165, 1.54) is 0 Å². The Hall–Kier alpha value is -2.67. The third-order valence-electron chi connectivity index (χ3n) is 6.30. The third kappa shape index (κ3) is 3.79. The molecule has 1 unspecified atom stereocenters. The van der Waals surface area contributed by atoms with Crippen molar-refractivity contribution in [2.24, 2.45) is 5.41 Å². The first-order valence-electron chi connectivity index (χ1n) is 10.1. The average molecular weight is 397 g/mol. The summed E-state index contributed by atoms with van der Waals surface area (Å²) in [6, 6.07) is 7.50. The minimum Gasteiger partial charge on any atom is -0.481 e. The van der Waals surface area contributed by atoms with Crippen LogP contribution in [0.5, 0.6) is 0 Å². The molecule has 2 fully saturated rings. The van der Waals surface area contributed by atoms with Crippen molar-refractivity contribution < 1.29 is 19.4 Å². The maximum atomic E-state index is 12.9. The van der Waals surface area contributed by atoms with Crippen molar-refractivity contribution in [1.82, 2.24) is 14.7 Å². The molecule has 1 spiro atoms. The number of rotatable bonds is 5. The first-order valence-corrected chi connectivity index (χ1v) is 10.1. The van der Waals surface area contributed by atoms with Gasteiger partial charge in [0.25, 0.3) is 5.91 Å². The molecule has 0 saturated carbocycles. The van der Waals surface area contributed by atoms with E-state index in [0.717, 1.165) is 61.8 Å². The second-order valence-electron chi connectivity index (χ2n) is 8.28. The van der Waals surface area contributed by atoms with E-state index in [-0.39, 0.29) is 17.7 Å². The molecule has 3 heterocycles. The average Bonchev–Trinajstić information content (AvgIpc) is 3.41. The van der Waals surface area contributed by atoms with Gasteiger partial charge in [0.15, 0.2) is 0 Å². The molecule has 1 aromatic heterocycles. The highest BCUT2D eigenvalue weighted by molar-refractivity contribution is 5.94. The van der Waals surface area contributed by atoms with Crippen LogP contribution in [-0.2, 0) is 16.0 Å². The van der Waals surface area contributed by atoms with Gasteiger partial charge in [0.1, 0.15) is 0 Å². The molecule has 7 nitrogen and oxygen atoms in total. The number of carbonyl (C=O) groups excluding carboxylic acids is 1. The van der Waals surface area contributed by atoms with Crippen molar-refractivity contribution in [2.75, 3.05) is 26.3 Å². The zero-order chi connectivity index (χ0) is 20.6. The molecule has 2 aliphatic heterocycles. The highest BCUT2D eigenvalue weighted by Gasteiger charge is 2.42. The fraction of sp³-hybridized carbons (Fsp3) is 0.500. The largest absolute Gasteiger partial charge is 0.481 e. The van der Waals surface area contributed by atoms with Crippen molar-refractivity contribution >= 4 is 11.9 Å². The molecular weight excluding hydrogens is 370 g/mol. The van der Waals surface area contributed by atoms with Crippen molar-refractivity contribution in [3.8, 4) is 5.69 Å². The first-order chi connectivity index (χ1) is 13.9. The number of hydrogen-bond acceptors (Lipinski definition) is 4. The van der Waals surface area contributed by atoms with Crippen LogP contribution in [0.4, 0.5) is 0 Å². The number of benzene rings is 1. The Morgan fingerprint density at radius 1 is 1.21 bits per heavy atom. The Morgan fingerprint density at radius 3 is 2.62 bits per heavy atom. The maximum absolute atomic E-state index is 12.9. The molecule has 4 rings (SSSR count). The van der Waals surface area contributed by atoms with E-state index in [2.05, 4.69) is 5.10 Å². The second-order valence-corrected chi connectivity index (χ2v) is 8.28. The topological polar surface area (TPSA) is 84.7 Å². The summed E-state index contributed by atoms with van der Waals surface area (Å²) in [5.41, 5.74) is 4.44. The number of ether oxygens (including phenoxy) is 1. The monoisotopic (exact) mass is 397 g/mol. The molecule has 1 N–H and O–H groups in total. The van der Waals surface area contributed by atoms with Crippen LogP contribution < -0.4 is 0 Å². The number of carboxylic acids is 1. The highest BCUT2D eigenvalue weighted by Crippen LogP contribution is 2.38. The lowest BCUT2D eigenvalue weighted by Crippen LogP contribution is -2.32. The molecule has 0 aliphatic carbocycles. The van der Waals surface area contributed by atoms with Gasteiger partial charge in [-0.15, -0.1) is 0 Å². The van der Waals surface area contributed by atoms with Gasteiger partial charge in [0.2, 0.25) is 0 Å². The lowest BCUT2D eigenvalue weighted by molar-refractivity contribution is -0.136. The first kappa shape index (κ1) is 19.6. The van der Waals surface area contributed by atoms with Crippen molar-refractivity contribution in [2.45, 2.75) is 39.5 Å². The minimum absolute atomic E-state index is 0.0656. The molecule has 1 atom stereocenters. The molecule has 0 radical (unpaired) electrons. The number of aromatic nitrogens is 2. The van der Waals surface area contributed by atoms with Crippen LogP contribution in [0.1, 0.15) is 46.6 Å². The van der Waals surface area contributed by atoms with Crippen LogP contribution >= 0.6 is 0 Å². The minimum atomic E-state index is -0.813. The van der Waals surface area contributed by atoms with Gasteiger partial charge < -0.3 is 14.7 Å². The molecule has 1 aromatic carbocycles. The SMILES string of the molecule is Cc1nn(-c2ccc(C(=O)N3CCC4(CCOC4)C3)cc2)c(C)c1CCC(=O)O. The number of carbonyl (C=O) groups is 2. The van der Waals surface area contributed by atoms with Gasteiger partial charge in [-0.05, 0) is 62.9 Å². The molecule has 29 heavy (non-hydrogen) atoms.